The van der Waals surface area contributed by atoms with Gasteiger partial charge in [-0.15, -0.1) is 0 Å². The normalized spacial score (nSPS) is 11.1. The van der Waals surface area contributed by atoms with Crippen molar-refractivity contribution in [3.63, 3.8) is 0 Å². The van der Waals surface area contributed by atoms with Crippen LogP contribution in [-0.4, -0.2) is 25.8 Å². The molecule has 0 bridgehead atoms. The standard InChI is InChI=1S/C18H26FN3O2/c1-2-3-4-5-6-7-8-9-10-22-13-14(11-21-22)15-12-20-17(16(15)19)18(23)24/h11-13,20H,2-10H2,1H3,(H,23,24). The minimum atomic E-state index is -1.30. The molecule has 0 atom stereocenters. The van der Waals surface area contributed by atoms with E-state index in [1.165, 1.54) is 51.1 Å². The number of nitrogens with zero attached hydrogens (tertiary/aromatic N) is 2. The molecule has 0 saturated carbocycles. The van der Waals surface area contributed by atoms with Crippen LogP contribution in [0.1, 0.15) is 68.8 Å². The number of nitrogens with one attached hydrogen (secondary N) is 1. The molecule has 0 amide bonds. The molecule has 0 spiro atoms. The van der Waals surface area contributed by atoms with E-state index >= 15 is 0 Å². The number of aromatic amines is 1. The van der Waals surface area contributed by atoms with Gasteiger partial charge in [-0.2, -0.15) is 5.10 Å². The number of aromatic nitrogens is 3. The van der Waals surface area contributed by atoms with Gasteiger partial charge in [0, 0.05) is 30.1 Å². The minimum absolute atomic E-state index is 0.245. The van der Waals surface area contributed by atoms with E-state index in [1.807, 2.05) is 0 Å². The number of carbonyl (C=O) groups is 1. The molecule has 0 unspecified atom stereocenters. The summed E-state index contributed by atoms with van der Waals surface area (Å²) in [4.78, 5) is 13.3. The minimum Gasteiger partial charge on any atom is -0.476 e. The van der Waals surface area contributed by atoms with E-state index < -0.39 is 17.5 Å². The number of carboxylic acid groups (broad SMARTS) is 1. The zero-order chi connectivity index (χ0) is 17.4. The first kappa shape index (κ1) is 18.2. The third-order valence-corrected chi connectivity index (χ3v) is 4.22. The van der Waals surface area contributed by atoms with E-state index in [4.69, 9.17) is 5.11 Å². The van der Waals surface area contributed by atoms with Gasteiger partial charge < -0.3 is 10.1 Å². The van der Waals surface area contributed by atoms with Gasteiger partial charge in [0.25, 0.3) is 0 Å². The fourth-order valence-electron chi connectivity index (χ4n) is 2.80. The third kappa shape index (κ3) is 4.94. The van der Waals surface area contributed by atoms with Gasteiger partial charge in [0.05, 0.1) is 6.20 Å². The number of carboxylic acids is 1. The van der Waals surface area contributed by atoms with Crippen LogP contribution in [0.3, 0.4) is 0 Å². The number of hydrogen-bond donors (Lipinski definition) is 2. The van der Waals surface area contributed by atoms with Crippen LogP contribution in [0, 0.1) is 5.82 Å². The van der Waals surface area contributed by atoms with E-state index in [9.17, 15) is 9.18 Å². The van der Waals surface area contributed by atoms with Gasteiger partial charge in [-0.3, -0.25) is 4.68 Å². The van der Waals surface area contributed by atoms with E-state index in [0.29, 0.717) is 5.56 Å². The van der Waals surface area contributed by atoms with Gasteiger partial charge in [-0.1, -0.05) is 51.9 Å². The van der Waals surface area contributed by atoms with Gasteiger partial charge >= 0.3 is 5.97 Å². The number of aryl methyl sites for hydroxylation is 1. The maximum atomic E-state index is 14.0. The fraction of sp³-hybridized carbons (Fsp3) is 0.556. The molecule has 2 N–H and O–H groups in total. The van der Waals surface area contributed by atoms with Crippen molar-refractivity contribution in [1.82, 2.24) is 14.8 Å². The zero-order valence-electron chi connectivity index (χ0n) is 14.2. The molecule has 24 heavy (non-hydrogen) atoms. The highest BCUT2D eigenvalue weighted by molar-refractivity contribution is 5.88. The van der Waals surface area contributed by atoms with Crippen molar-refractivity contribution in [2.45, 2.75) is 64.8 Å². The molecule has 2 rings (SSSR count). The molecule has 0 fully saturated rings. The summed E-state index contributed by atoms with van der Waals surface area (Å²) in [5.74, 6) is -2.04. The van der Waals surface area contributed by atoms with E-state index in [-0.39, 0.29) is 5.56 Å². The van der Waals surface area contributed by atoms with Gasteiger partial charge in [-0.25, -0.2) is 9.18 Å². The number of rotatable bonds is 11. The smallest absolute Gasteiger partial charge is 0.355 e. The van der Waals surface area contributed by atoms with Crippen LogP contribution >= 0.6 is 0 Å². The van der Waals surface area contributed by atoms with Crippen molar-refractivity contribution in [1.29, 1.82) is 0 Å². The van der Waals surface area contributed by atoms with Crippen molar-refractivity contribution in [2.75, 3.05) is 0 Å². The first-order chi connectivity index (χ1) is 11.6. The summed E-state index contributed by atoms with van der Waals surface area (Å²) in [5, 5.41) is 13.1. The molecule has 0 saturated heterocycles. The highest BCUT2D eigenvalue weighted by Crippen LogP contribution is 2.24. The number of unbranched alkanes of at least 4 members (excludes halogenated alkanes) is 7. The molecule has 0 aliphatic carbocycles. The van der Waals surface area contributed by atoms with Gasteiger partial charge in [0.2, 0.25) is 0 Å². The lowest BCUT2D eigenvalue weighted by atomic mass is 10.1. The number of hydrogen-bond acceptors (Lipinski definition) is 2. The first-order valence-electron chi connectivity index (χ1n) is 8.76. The van der Waals surface area contributed by atoms with Crippen molar-refractivity contribution in [3.05, 3.63) is 30.1 Å². The Morgan fingerprint density at radius 1 is 1.21 bits per heavy atom. The lowest BCUT2D eigenvalue weighted by molar-refractivity contribution is 0.0686. The fourth-order valence-corrected chi connectivity index (χ4v) is 2.80. The molecule has 0 aliphatic rings. The van der Waals surface area contributed by atoms with Crippen LogP contribution in [-0.2, 0) is 6.54 Å². The van der Waals surface area contributed by atoms with Crippen molar-refractivity contribution < 1.29 is 14.3 Å². The van der Waals surface area contributed by atoms with Crippen molar-refractivity contribution in [3.8, 4) is 11.1 Å². The number of halogens is 1. The van der Waals surface area contributed by atoms with E-state index in [2.05, 4.69) is 17.0 Å². The highest BCUT2D eigenvalue weighted by Gasteiger charge is 2.18. The molecule has 2 aromatic heterocycles. The van der Waals surface area contributed by atoms with Crippen LogP contribution in [0.2, 0.25) is 0 Å². The van der Waals surface area contributed by atoms with Crippen LogP contribution < -0.4 is 0 Å². The molecular weight excluding hydrogens is 309 g/mol. The van der Waals surface area contributed by atoms with Crippen molar-refractivity contribution in [2.24, 2.45) is 0 Å². The summed E-state index contributed by atoms with van der Waals surface area (Å²) < 4.78 is 15.8. The lowest BCUT2D eigenvalue weighted by Crippen LogP contribution is -1.99. The zero-order valence-corrected chi connectivity index (χ0v) is 14.2. The Morgan fingerprint density at radius 2 is 1.88 bits per heavy atom. The van der Waals surface area contributed by atoms with Crippen LogP contribution in [0.15, 0.2) is 18.6 Å². The topological polar surface area (TPSA) is 70.9 Å². The number of H-pyrrole nitrogens is 1. The van der Waals surface area contributed by atoms with Gasteiger partial charge in [0.15, 0.2) is 11.5 Å². The Morgan fingerprint density at radius 3 is 2.50 bits per heavy atom. The van der Waals surface area contributed by atoms with E-state index in [1.54, 1.807) is 17.1 Å². The Labute approximate surface area is 141 Å². The predicted octanol–water partition coefficient (Wildman–Crippen LogP) is 4.86. The second-order valence-electron chi connectivity index (χ2n) is 6.16. The first-order valence-corrected chi connectivity index (χ1v) is 8.76. The second kappa shape index (κ2) is 9.25. The summed E-state index contributed by atoms with van der Waals surface area (Å²) in [6.45, 7) is 3.02. The Hall–Kier alpha value is -2.11. The van der Waals surface area contributed by atoms with Gasteiger partial charge in [0.1, 0.15) is 0 Å². The lowest BCUT2D eigenvalue weighted by Gasteiger charge is -2.02. The summed E-state index contributed by atoms with van der Waals surface area (Å²) in [5.41, 5.74) is 0.422. The predicted molar refractivity (Wildman–Crippen MR) is 91.5 cm³/mol. The molecule has 2 heterocycles. The summed E-state index contributed by atoms with van der Waals surface area (Å²) in [6.07, 6.45) is 14.7. The monoisotopic (exact) mass is 335 g/mol. The molecule has 132 valence electrons. The van der Waals surface area contributed by atoms with Gasteiger partial charge in [-0.05, 0) is 6.42 Å². The average molecular weight is 335 g/mol. The second-order valence-corrected chi connectivity index (χ2v) is 6.16. The molecule has 0 radical (unpaired) electrons. The quantitative estimate of drug-likeness (QED) is 0.576. The Kier molecular flexibility index (Phi) is 7.03. The molecule has 0 aliphatic heterocycles. The molecule has 5 nitrogen and oxygen atoms in total. The molecule has 6 heteroatoms. The maximum absolute atomic E-state index is 14.0. The average Bonchev–Trinajstić information content (AvgIpc) is 3.16. The summed E-state index contributed by atoms with van der Waals surface area (Å²) >= 11 is 0. The van der Waals surface area contributed by atoms with Crippen molar-refractivity contribution >= 4 is 5.97 Å². The Bertz CT molecular complexity index is 648. The maximum Gasteiger partial charge on any atom is 0.355 e. The van der Waals surface area contributed by atoms with Crippen LogP contribution in [0.4, 0.5) is 4.39 Å². The van der Waals surface area contributed by atoms with Crippen LogP contribution in [0.5, 0.6) is 0 Å². The largest absolute Gasteiger partial charge is 0.476 e. The summed E-state index contributed by atoms with van der Waals surface area (Å²) in [6, 6.07) is 0. The Balaban J connectivity index is 1.76. The molecule has 0 aromatic carbocycles. The summed E-state index contributed by atoms with van der Waals surface area (Å²) in [7, 11) is 0. The van der Waals surface area contributed by atoms with E-state index in [0.717, 1.165) is 13.0 Å². The third-order valence-electron chi connectivity index (χ3n) is 4.22. The SMILES string of the molecule is CCCCCCCCCCn1cc(-c2c[nH]c(C(=O)O)c2F)cn1. The highest BCUT2D eigenvalue weighted by atomic mass is 19.1. The molecular formula is C18H26FN3O2. The van der Waals surface area contributed by atoms with Crippen LogP contribution in [0.25, 0.3) is 11.1 Å². The molecule has 2 aromatic rings. The number of aromatic carboxylic acids is 1.